The van der Waals surface area contributed by atoms with Crippen LogP contribution in [0.3, 0.4) is 0 Å². The van der Waals surface area contributed by atoms with Crippen molar-refractivity contribution < 1.29 is 9.47 Å². The summed E-state index contributed by atoms with van der Waals surface area (Å²) in [6.45, 7) is 4.94. The highest BCUT2D eigenvalue weighted by atomic mass is 127. The molecule has 0 atom stereocenters. The average Bonchev–Trinajstić information content (AvgIpc) is 2.63. The number of nitrogens with zero attached hydrogens (tertiary/aromatic N) is 2. The lowest BCUT2D eigenvalue weighted by atomic mass is 10.0. The van der Waals surface area contributed by atoms with Crippen molar-refractivity contribution in [1.82, 2.24) is 0 Å². The van der Waals surface area contributed by atoms with Crippen molar-refractivity contribution in [2.45, 2.75) is 13.8 Å². The zero-order chi connectivity index (χ0) is 18.2. The maximum atomic E-state index is 9.51. The van der Waals surface area contributed by atoms with Gasteiger partial charge in [0, 0.05) is 0 Å². The first-order chi connectivity index (χ1) is 12.1. The van der Waals surface area contributed by atoms with Gasteiger partial charge in [0.1, 0.15) is 0 Å². The molecule has 2 aromatic rings. The Hall–Kier alpha value is -2.51. The Morgan fingerprint density at radius 3 is 2.32 bits per heavy atom. The van der Waals surface area contributed by atoms with Crippen LogP contribution in [0, 0.1) is 26.2 Å². The molecule has 0 radical (unpaired) electrons. The summed E-state index contributed by atoms with van der Waals surface area (Å²) < 4.78 is 12.3. The molecule has 4 nitrogen and oxygen atoms in total. The first-order valence-electron chi connectivity index (χ1n) is 7.84. The van der Waals surface area contributed by atoms with Crippen LogP contribution < -0.4 is 9.47 Å². The smallest absolute Gasteiger partial charge is 0.174 e. The minimum atomic E-state index is 0.520. The lowest BCUT2D eigenvalue weighted by molar-refractivity contribution is 0.286. The quantitative estimate of drug-likeness (QED) is 0.357. The first kappa shape index (κ1) is 18.8. The number of rotatable bonds is 6. The predicted octanol–water partition coefficient (Wildman–Crippen LogP) is 5.02. The van der Waals surface area contributed by atoms with E-state index in [-0.39, 0.29) is 0 Å². The van der Waals surface area contributed by atoms with E-state index < -0.39 is 0 Å². The number of ether oxygens (including phenoxy) is 2. The van der Waals surface area contributed by atoms with Crippen LogP contribution in [0.1, 0.15) is 30.5 Å². The third-order valence-corrected chi connectivity index (χ3v) is 4.18. The number of nitriles is 2. The normalized spacial score (nSPS) is 10.7. The molecule has 25 heavy (non-hydrogen) atoms. The van der Waals surface area contributed by atoms with Crippen molar-refractivity contribution in [3.8, 4) is 23.6 Å². The molecule has 0 saturated heterocycles. The van der Waals surface area contributed by atoms with E-state index in [0.717, 1.165) is 20.4 Å². The van der Waals surface area contributed by atoms with E-state index in [1.54, 1.807) is 24.3 Å². The van der Waals surface area contributed by atoms with Crippen LogP contribution in [-0.4, -0.2) is 13.2 Å². The predicted molar refractivity (Wildman–Crippen MR) is 106 cm³/mol. The van der Waals surface area contributed by atoms with Crippen LogP contribution in [0.4, 0.5) is 0 Å². The van der Waals surface area contributed by atoms with Gasteiger partial charge in [-0.2, -0.15) is 10.5 Å². The molecule has 0 amide bonds. The number of benzene rings is 2. The maximum Gasteiger partial charge on any atom is 0.174 e. The summed E-state index contributed by atoms with van der Waals surface area (Å²) in [7, 11) is 0. The molecule has 0 aliphatic heterocycles. The van der Waals surface area contributed by atoms with Crippen LogP contribution in [-0.2, 0) is 0 Å². The Bertz CT molecular complexity index is 859. The van der Waals surface area contributed by atoms with Crippen molar-refractivity contribution in [3.05, 3.63) is 56.7 Å². The Labute approximate surface area is 161 Å². The fraction of sp³-hybridized carbons (Fsp3) is 0.200. The van der Waals surface area contributed by atoms with E-state index in [4.69, 9.17) is 14.7 Å². The molecule has 0 aliphatic rings. The van der Waals surface area contributed by atoms with Crippen LogP contribution in [0.25, 0.3) is 11.6 Å². The van der Waals surface area contributed by atoms with E-state index >= 15 is 0 Å². The molecule has 126 valence electrons. The lowest BCUT2D eigenvalue weighted by Gasteiger charge is -2.13. The van der Waals surface area contributed by atoms with Gasteiger partial charge in [-0.15, -0.1) is 0 Å². The van der Waals surface area contributed by atoms with Gasteiger partial charge in [0.25, 0.3) is 0 Å². The fourth-order valence-electron chi connectivity index (χ4n) is 2.29. The largest absolute Gasteiger partial charge is 0.490 e. The fourth-order valence-corrected chi connectivity index (χ4v) is 3.07. The Kier molecular flexibility index (Phi) is 6.85. The molecule has 5 heteroatoms. The zero-order valence-electron chi connectivity index (χ0n) is 14.0. The van der Waals surface area contributed by atoms with E-state index in [1.165, 1.54) is 0 Å². The molecule has 0 N–H and O–H groups in total. The third kappa shape index (κ3) is 4.74. The van der Waals surface area contributed by atoms with E-state index in [0.29, 0.717) is 30.1 Å². The monoisotopic (exact) mass is 444 g/mol. The number of allylic oxidation sites excluding steroid dienone is 1. The van der Waals surface area contributed by atoms with Crippen molar-refractivity contribution in [1.29, 1.82) is 10.5 Å². The summed E-state index contributed by atoms with van der Waals surface area (Å²) in [5.74, 6) is 1.39. The summed E-state index contributed by atoms with van der Waals surface area (Å²) in [6.07, 6.45) is 1.81. The summed E-state index contributed by atoms with van der Waals surface area (Å²) in [5, 5.41) is 18.4. The van der Waals surface area contributed by atoms with Gasteiger partial charge in [0.15, 0.2) is 11.5 Å². The van der Waals surface area contributed by atoms with Crippen molar-refractivity contribution in [2.75, 3.05) is 13.2 Å². The van der Waals surface area contributed by atoms with Gasteiger partial charge in [-0.1, -0.05) is 12.1 Å². The van der Waals surface area contributed by atoms with Crippen molar-refractivity contribution in [3.63, 3.8) is 0 Å². The number of hydrogen-bond donors (Lipinski definition) is 0. The summed E-state index contributed by atoms with van der Waals surface area (Å²) in [6, 6.07) is 15.1. The lowest BCUT2D eigenvalue weighted by Crippen LogP contribution is -2.00. The Balaban J connectivity index is 2.46. The highest BCUT2D eigenvalue weighted by molar-refractivity contribution is 14.1. The Morgan fingerprint density at radius 1 is 1.08 bits per heavy atom. The van der Waals surface area contributed by atoms with Gasteiger partial charge in [-0.25, -0.2) is 0 Å². The second-order valence-electron chi connectivity index (χ2n) is 5.05. The second-order valence-corrected chi connectivity index (χ2v) is 6.22. The molecular formula is C20H17IN2O2. The van der Waals surface area contributed by atoms with E-state index in [9.17, 15) is 5.26 Å². The zero-order valence-corrected chi connectivity index (χ0v) is 16.2. The summed E-state index contributed by atoms with van der Waals surface area (Å²) in [5.41, 5.74) is 2.71. The summed E-state index contributed by atoms with van der Waals surface area (Å²) >= 11 is 2.20. The molecule has 0 bridgehead atoms. The highest BCUT2D eigenvalue weighted by Crippen LogP contribution is 2.35. The molecule has 0 saturated carbocycles. The highest BCUT2D eigenvalue weighted by Gasteiger charge is 2.12. The molecule has 0 heterocycles. The van der Waals surface area contributed by atoms with Crippen molar-refractivity contribution >= 4 is 34.2 Å². The van der Waals surface area contributed by atoms with Crippen molar-refractivity contribution in [2.24, 2.45) is 0 Å². The molecule has 0 aliphatic carbocycles. The molecule has 2 rings (SSSR count). The molecule has 0 fully saturated rings. The van der Waals surface area contributed by atoms with Crippen LogP contribution in [0.5, 0.6) is 11.5 Å². The SMILES string of the molecule is CCOc1cc(/C=C(/C#N)c2ccc(C#N)cc2)cc(I)c1OCC. The third-order valence-electron chi connectivity index (χ3n) is 3.38. The summed E-state index contributed by atoms with van der Waals surface area (Å²) in [4.78, 5) is 0. The standard InChI is InChI=1S/C20H17IN2O2/c1-3-24-19-11-15(10-18(21)20(19)25-4-2)9-17(13-23)16-7-5-14(12-22)6-8-16/h5-11H,3-4H2,1-2H3/b17-9-. The minimum Gasteiger partial charge on any atom is -0.490 e. The van der Waals surface area contributed by atoms with Gasteiger partial charge in [0.05, 0.1) is 40.1 Å². The Morgan fingerprint density at radius 2 is 1.76 bits per heavy atom. The topological polar surface area (TPSA) is 66.0 Å². The van der Waals surface area contributed by atoms with Crippen LogP contribution in [0.15, 0.2) is 36.4 Å². The average molecular weight is 444 g/mol. The van der Waals surface area contributed by atoms with E-state index in [1.807, 2.05) is 32.1 Å². The van der Waals surface area contributed by atoms with Gasteiger partial charge < -0.3 is 9.47 Å². The van der Waals surface area contributed by atoms with Gasteiger partial charge >= 0.3 is 0 Å². The molecular weight excluding hydrogens is 427 g/mol. The molecule has 0 spiro atoms. The molecule has 0 aromatic heterocycles. The van der Waals surface area contributed by atoms with Crippen LogP contribution >= 0.6 is 22.6 Å². The van der Waals surface area contributed by atoms with Crippen LogP contribution in [0.2, 0.25) is 0 Å². The first-order valence-corrected chi connectivity index (χ1v) is 8.92. The maximum absolute atomic E-state index is 9.51. The molecule has 0 unspecified atom stereocenters. The second kappa shape index (κ2) is 9.10. The van der Waals surface area contributed by atoms with Gasteiger partial charge in [-0.3, -0.25) is 0 Å². The molecule has 2 aromatic carbocycles. The van der Waals surface area contributed by atoms with E-state index in [2.05, 4.69) is 34.7 Å². The number of halogens is 1. The minimum absolute atomic E-state index is 0.520. The van der Waals surface area contributed by atoms with Gasteiger partial charge in [-0.05, 0) is 77.9 Å². The van der Waals surface area contributed by atoms with Gasteiger partial charge in [0.2, 0.25) is 0 Å². The number of hydrogen-bond acceptors (Lipinski definition) is 4.